The summed E-state index contributed by atoms with van der Waals surface area (Å²) < 4.78 is 27.4. The average molecular weight is 454 g/mol. The van der Waals surface area contributed by atoms with Crippen LogP contribution >= 0.6 is 11.6 Å². The molecule has 6 heteroatoms. The molecule has 0 amide bonds. The molecule has 4 rings (SSSR count). The molecule has 1 atom stereocenters. The number of halogens is 2. The van der Waals surface area contributed by atoms with E-state index in [9.17, 15) is 4.79 Å². The molecule has 1 aliphatic rings. The zero-order valence-corrected chi connectivity index (χ0v) is 19.1. The van der Waals surface area contributed by atoms with Crippen molar-refractivity contribution in [3.63, 3.8) is 0 Å². The monoisotopic (exact) mass is 453 g/mol. The largest absolute Gasteiger partial charge is 0.494 e. The van der Waals surface area contributed by atoms with Gasteiger partial charge in [0.1, 0.15) is 5.75 Å². The van der Waals surface area contributed by atoms with Crippen molar-refractivity contribution in [2.24, 2.45) is 0 Å². The Bertz CT molecular complexity index is 1170. The summed E-state index contributed by atoms with van der Waals surface area (Å²) in [7, 11) is 3.27. The number of hydrogen-bond acceptors (Lipinski definition) is 4. The lowest BCUT2D eigenvalue weighted by atomic mass is 9.85. The van der Waals surface area contributed by atoms with Gasteiger partial charge in [-0.25, -0.2) is 4.39 Å². The van der Waals surface area contributed by atoms with Crippen molar-refractivity contribution in [1.82, 2.24) is 5.32 Å². The van der Waals surface area contributed by atoms with Gasteiger partial charge >= 0.3 is 0 Å². The fraction of sp³-hybridized carbons (Fsp3) is 0.269. The van der Waals surface area contributed by atoms with E-state index in [1.54, 1.807) is 25.1 Å². The van der Waals surface area contributed by atoms with E-state index in [1.807, 2.05) is 37.4 Å². The molecule has 3 aromatic rings. The SMILES string of the molecule is CCC(=O)c1ccc(OC)c(F)c1-c1c(Cl)ccc2c1C[C@@](CNC)(c1ccccc1)O2. The smallest absolute Gasteiger partial charge is 0.173 e. The van der Waals surface area contributed by atoms with E-state index < -0.39 is 11.4 Å². The molecular weight excluding hydrogens is 429 g/mol. The summed E-state index contributed by atoms with van der Waals surface area (Å²) in [6, 6.07) is 16.5. The molecule has 0 aromatic heterocycles. The number of rotatable bonds is 7. The van der Waals surface area contributed by atoms with Crippen LogP contribution in [-0.4, -0.2) is 26.5 Å². The van der Waals surface area contributed by atoms with Crippen molar-refractivity contribution in [1.29, 1.82) is 0 Å². The summed E-state index contributed by atoms with van der Waals surface area (Å²) >= 11 is 6.66. The van der Waals surface area contributed by atoms with E-state index >= 15 is 4.39 Å². The summed E-state index contributed by atoms with van der Waals surface area (Å²) in [5, 5.41) is 3.58. The molecule has 4 nitrogen and oxygen atoms in total. The highest BCUT2D eigenvalue weighted by molar-refractivity contribution is 6.34. The van der Waals surface area contributed by atoms with Gasteiger partial charge in [0.2, 0.25) is 0 Å². The average Bonchev–Trinajstić information content (AvgIpc) is 3.19. The quantitative estimate of drug-likeness (QED) is 0.459. The number of Topliss-reactive ketones (excluding diaryl/α,β-unsaturated/α-hetero) is 1. The second-order valence-corrected chi connectivity index (χ2v) is 8.26. The first kappa shape index (κ1) is 22.3. The van der Waals surface area contributed by atoms with Gasteiger partial charge < -0.3 is 14.8 Å². The molecule has 1 N–H and O–H groups in total. The van der Waals surface area contributed by atoms with Crippen LogP contribution in [0.15, 0.2) is 54.6 Å². The number of nitrogens with one attached hydrogen (secondary N) is 1. The number of methoxy groups -OCH3 is 1. The topological polar surface area (TPSA) is 47.6 Å². The second-order valence-electron chi connectivity index (χ2n) is 7.85. The standard InChI is InChI=1S/C26H25ClFNO3/c1-4-20(30)17-10-12-22(31-3)25(28)24(17)23-18-14-26(15-29-2,16-8-6-5-7-9-16)32-21(18)13-11-19(23)27/h5-13,29H,4,14-15H2,1-3H3/t26-/m1/s1. The molecular formula is C26H25ClFNO3. The molecule has 166 valence electrons. The first-order chi connectivity index (χ1) is 15.5. The molecule has 0 radical (unpaired) electrons. The van der Waals surface area contributed by atoms with Crippen molar-refractivity contribution in [3.8, 4) is 22.6 Å². The number of benzene rings is 3. The minimum absolute atomic E-state index is 0.0600. The van der Waals surface area contributed by atoms with Gasteiger partial charge in [0.15, 0.2) is 23.0 Å². The van der Waals surface area contributed by atoms with Gasteiger partial charge in [-0.05, 0) is 36.9 Å². The van der Waals surface area contributed by atoms with E-state index in [0.29, 0.717) is 29.3 Å². The zero-order valence-electron chi connectivity index (χ0n) is 18.3. The molecule has 0 saturated carbocycles. The maximum atomic E-state index is 15.6. The predicted octanol–water partition coefficient (Wildman–Crippen LogP) is 5.80. The van der Waals surface area contributed by atoms with Crippen LogP contribution in [0.25, 0.3) is 11.1 Å². The summed E-state index contributed by atoms with van der Waals surface area (Å²) in [5.41, 5.74) is 2.02. The normalized spacial score (nSPS) is 17.0. The van der Waals surface area contributed by atoms with Crippen molar-refractivity contribution >= 4 is 17.4 Å². The lowest BCUT2D eigenvalue weighted by Crippen LogP contribution is -2.41. The lowest BCUT2D eigenvalue weighted by molar-refractivity contribution is 0.0943. The third-order valence-electron chi connectivity index (χ3n) is 5.95. The molecule has 1 heterocycles. The number of likely N-dealkylation sites (N-methyl/N-ethyl adjacent to an activating group) is 1. The zero-order chi connectivity index (χ0) is 22.9. The summed E-state index contributed by atoms with van der Waals surface area (Å²) in [6.07, 6.45) is 0.717. The Kier molecular flexibility index (Phi) is 6.22. The van der Waals surface area contributed by atoms with Crippen LogP contribution in [0.1, 0.15) is 34.8 Å². The molecule has 0 bridgehead atoms. The Balaban J connectivity index is 1.96. The first-order valence-electron chi connectivity index (χ1n) is 10.6. The third-order valence-corrected chi connectivity index (χ3v) is 6.26. The van der Waals surface area contributed by atoms with E-state index in [-0.39, 0.29) is 29.1 Å². The van der Waals surface area contributed by atoms with E-state index in [0.717, 1.165) is 11.1 Å². The van der Waals surface area contributed by atoms with Gasteiger partial charge in [-0.15, -0.1) is 0 Å². The van der Waals surface area contributed by atoms with Gasteiger partial charge in [0.25, 0.3) is 0 Å². The minimum atomic E-state index is -0.679. The van der Waals surface area contributed by atoms with Crippen LogP contribution in [0.3, 0.4) is 0 Å². The third kappa shape index (κ3) is 3.65. The highest BCUT2D eigenvalue weighted by Gasteiger charge is 2.43. The predicted molar refractivity (Wildman–Crippen MR) is 124 cm³/mol. The summed E-state index contributed by atoms with van der Waals surface area (Å²) in [6.45, 7) is 2.30. The highest BCUT2D eigenvalue weighted by Crippen LogP contribution is 2.49. The number of fused-ring (bicyclic) bond motifs is 1. The Labute approximate surface area is 192 Å². The van der Waals surface area contributed by atoms with Gasteiger partial charge in [-0.3, -0.25) is 4.79 Å². The number of ketones is 1. The van der Waals surface area contributed by atoms with Crippen LogP contribution in [0, 0.1) is 5.82 Å². The molecule has 1 aliphatic heterocycles. The Hall–Kier alpha value is -2.89. The van der Waals surface area contributed by atoms with Crippen molar-refractivity contribution in [3.05, 3.63) is 82.1 Å². The fourth-order valence-corrected chi connectivity index (χ4v) is 4.72. The van der Waals surface area contributed by atoms with Crippen LogP contribution in [0.4, 0.5) is 4.39 Å². The molecule has 0 aliphatic carbocycles. The van der Waals surface area contributed by atoms with Crippen LogP contribution < -0.4 is 14.8 Å². The van der Waals surface area contributed by atoms with Crippen molar-refractivity contribution in [2.45, 2.75) is 25.4 Å². The number of carbonyl (C=O) groups is 1. The number of hydrogen-bond donors (Lipinski definition) is 1. The minimum Gasteiger partial charge on any atom is -0.494 e. The summed E-state index contributed by atoms with van der Waals surface area (Å²) in [4.78, 5) is 12.7. The van der Waals surface area contributed by atoms with Gasteiger partial charge in [-0.1, -0.05) is 48.9 Å². The second kappa shape index (κ2) is 8.93. The van der Waals surface area contributed by atoms with E-state index in [1.165, 1.54) is 13.2 Å². The van der Waals surface area contributed by atoms with Crippen LogP contribution in [0.2, 0.25) is 5.02 Å². The fourth-order valence-electron chi connectivity index (χ4n) is 4.44. The highest BCUT2D eigenvalue weighted by atomic mass is 35.5. The maximum absolute atomic E-state index is 15.6. The van der Waals surface area contributed by atoms with Crippen molar-refractivity contribution in [2.75, 3.05) is 20.7 Å². The number of ether oxygens (including phenoxy) is 2. The Morgan fingerprint density at radius 3 is 2.56 bits per heavy atom. The molecule has 0 saturated heterocycles. The molecule has 3 aromatic carbocycles. The first-order valence-corrected chi connectivity index (χ1v) is 10.9. The maximum Gasteiger partial charge on any atom is 0.173 e. The van der Waals surface area contributed by atoms with E-state index in [2.05, 4.69) is 5.32 Å². The van der Waals surface area contributed by atoms with Gasteiger partial charge in [-0.2, -0.15) is 0 Å². The molecule has 0 unspecified atom stereocenters. The molecule has 0 fully saturated rings. The molecule has 32 heavy (non-hydrogen) atoms. The van der Waals surface area contributed by atoms with Crippen LogP contribution in [-0.2, 0) is 12.0 Å². The Morgan fingerprint density at radius 2 is 1.91 bits per heavy atom. The summed E-state index contributed by atoms with van der Waals surface area (Å²) in [5.74, 6) is -0.0861. The van der Waals surface area contributed by atoms with Crippen LogP contribution in [0.5, 0.6) is 11.5 Å². The lowest BCUT2D eigenvalue weighted by Gasteiger charge is -2.29. The van der Waals surface area contributed by atoms with E-state index in [4.69, 9.17) is 21.1 Å². The van der Waals surface area contributed by atoms with Crippen molar-refractivity contribution < 1.29 is 18.7 Å². The number of carbonyl (C=O) groups excluding carboxylic acids is 1. The van der Waals surface area contributed by atoms with Gasteiger partial charge in [0.05, 0.1) is 7.11 Å². The Morgan fingerprint density at radius 1 is 1.16 bits per heavy atom. The molecule has 0 spiro atoms. The van der Waals surface area contributed by atoms with Gasteiger partial charge in [0, 0.05) is 46.7 Å².